The van der Waals surface area contributed by atoms with Crippen molar-refractivity contribution < 1.29 is 0 Å². The van der Waals surface area contributed by atoms with E-state index in [2.05, 4.69) is 39.6 Å². The number of nitrogens with zero attached hydrogens (tertiary/aromatic N) is 3. The average Bonchev–Trinajstić information content (AvgIpc) is 3.29. The first-order valence-electron chi connectivity index (χ1n) is 7.45. The number of benzene rings is 2. The molecule has 1 N–H and O–H groups in total. The van der Waals surface area contributed by atoms with E-state index in [1.807, 2.05) is 40.4 Å². The van der Waals surface area contributed by atoms with Crippen LogP contribution in [0.15, 0.2) is 72.6 Å². The van der Waals surface area contributed by atoms with Gasteiger partial charge >= 0.3 is 0 Å². The Morgan fingerprint density at radius 2 is 1.79 bits per heavy atom. The highest BCUT2D eigenvalue weighted by Gasteiger charge is 2.05. The van der Waals surface area contributed by atoms with Gasteiger partial charge in [-0.25, -0.2) is 9.97 Å². The summed E-state index contributed by atoms with van der Waals surface area (Å²) in [7, 11) is 5.70. The smallest absolute Gasteiger partial charge is 0.187 e. The van der Waals surface area contributed by atoms with Crippen molar-refractivity contribution in [1.29, 1.82) is 0 Å². The first-order valence-corrected chi connectivity index (χ1v) is 8.33. The molecule has 4 rings (SSSR count). The van der Waals surface area contributed by atoms with Gasteiger partial charge in [-0.1, -0.05) is 29.7 Å². The lowest BCUT2D eigenvalue weighted by atomic mass is 9.96. The molecule has 0 unspecified atom stereocenters. The summed E-state index contributed by atoms with van der Waals surface area (Å²) < 4.78 is 1.97. The van der Waals surface area contributed by atoms with Crippen molar-refractivity contribution in [3.63, 3.8) is 0 Å². The number of rotatable bonds is 4. The molecule has 24 heavy (non-hydrogen) atoms. The molecular weight excluding hydrogens is 315 g/mol. The predicted octanol–water partition coefficient (Wildman–Crippen LogP) is 3.53. The molecule has 0 aliphatic carbocycles. The lowest BCUT2D eigenvalue weighted by molar-refractivity contribution is 1.06. The largest absolute Gasteiger partial charge is 0.332 e. The van der Waals surface area contributed by atoms with Crippen molar-refractivity contribution in [3.05, 3.63) is 72.6 Å². The fraction of sp³-hybridized carbons (Fsp3) is 0. The van der Waals surface area contributed by atoms with Gasteiger partial charge in [0.2, 0.25) is 0 Å². The topological polar surface area (TPSA) is 42.7 Å². The standard InChI is InChI=1S/C18H13BN4S/c19-14-3-5-15(6-4-14)21-18-22-17(11-24-18)13-1-7-16(8-2-13)23-10-9-20-12-23/h1-12H,(H,21,22). The van der Waals surface area contributed by atoms with Crippen LogP contribution in [0.3, 0.4) is 0 Å². The predicted molar refractivity (Wildman–Crippen MR) is 99.8 cm³/mol. The Bertz CT molecular complexity index is 928. The molecule has 0 aliphatic rings. The van der Waals surface area contributed by atoms with Gasteiger partial charge in [0.25, 0.3) is 0 Å². The molecule has 2 heterocycles. The van der Waals surface area contributed by atoms with Gasteiger partial charge in [-0.2, -0.15) is 0 Å². The van der Waals surface area contributed by atoms with Crippen LogP contribution in [0, 0.1) is 0 Å². The maximum absolute atomic E-state index is 5.70. The van der Waals surface area contributed by atoms with Crippen molar-refractivity contribution in [2.45, 2.75) is 0 Å². The Morgan fingerprint density at radius 3 is 2.50 bits per heavy atom. The summed E-state index contributed by atoms with van der Waals surface area (Å²) in [5.74, 6) is 0. The van der Waals surface area contributed by atoms with Gasteiger partial charge in [0.1, 0.15) is 7.85 Å². The van der Waals surface area contributed by atoms with E-state index in [4.69, 9.17) is 7.85 Å². The molecule has 0 spiro atoms. The van der Waals surface area contributed by atoms with E-state index in [1.165, 1.54) is 0 Å². The Kier molecular flexibility index (Phi) is 3.88. The normalized spacial score (nSPS) is 10.7. The summed E-state index contributed by atoms with van der Waals surface area (Å²) in [5.41, 5.74) is 4.83. The van der Waals surface area contributed by atoms with E-state index in [0.717, 1.165) is 33.2 Å². The highest BCUT2D eigenvalue weighted by atomic mass is 32.1. The van der Waals surface area contributed by atoms with E-state index < -0.39 is 0 Å². The van der Waals surface area contributed by atoms with Gasteiger partial charge in [-0.15, -0.1) is 11.3 Å². The quantitative estimate of drug-likeness (QED) is 0.583. The number of thiazole rings is 1. The van der Waals surface area contributed by atoms with Gasteiger partial charge in [0.15, 0.2) is 5.13 Å². The monoisotopic (exact) mass is 328 g/mol. The first kappa shape index (κ1) is 14.7. The fourth-order valence-corrected chi connectivity index (χ4v) is 3.11. The molecule has 0 saturated carbocycles. The van der Waals surface area contributed by atoms with E-state index in [-0.39, 0.29) is 0 Å². The van der Waals surface area contributed by atoms with Crippen LogP contribution in [-0.4, -0.2) is 22.4 Å². The second-order valence-corrected chi connectivity index (χ2v) is 6.16. The molecule has 4 aromatic rings. The van der Waals surface area contributed by atoms with Crippen LogP contribution in [0.1, 0.15) is 0 Å². The lowest BCUT2D eigenvalue weighted by Gasteiger charge is -2.04. The minimum Gasteiger partial charge on any atom is -0.332 e. The SMILES string of the molecule is [B]c1ccc(Nc2nc(-c3ccc(-n4ccnc4)cc3)cs2)cc1. The molecule has 0 fully saturated rings. The zero-order chi connectivity index (χ0) is 16.4. The Hall–Kier alpha value is -2.86. The Labute approximate surface area is 145 Å². The molecule has 114 valence electrons. The van der Waals surface area contributed by atoms with Gasteiger partial charge in [-0.05, 0) is 24.3 Å². The van der Waals surface area contributed by atoms with E-state index >= 15 is 0 Å². The van der Waals surface area contributed by atoms with Crippen LogP contribution >= 0.6 is 11.3 Å². The number of aromatic nitrogens is 3. The van der Waals surface area contributed by atoms with E-state index in [0.29, 0.717) is 0 Å². The third-order valence-corrected chi connectivity index (χ3v) is 4.39. The summed E-state index contributed by atoms with van der Waals surface area (Å²) >= 11 is 1.58. The van der Waals surface area contributed by atoms with Crippen molar-refractivity contribution in [2.75, 3.05) is 5.32 Å². The second kappa shape index (κ2) is 6.33. The van der Waals surface area contributed by atoms with Crippen LogP contribution < -0.4 is 10.8 Å². The van der Waals surface area contributed by atoms with Crippen LogP contribution in [0.25, 0.3) is 16.9 Å². The van der Waals surface area contributed by atoms with E-state index in [9.17, 15) is 0 Å². The third-order valence-electron chi connectivity index (χ3n) is 3.63. The van der Waals surface area contributed by atoms with Crippen LogP contribution in [0.4, 0.5) is 10.8 Å². The molecule has 0 saturated heterocycles. The minimum atomic E-state index is 0.748. The molecule has 0 bridgehead atoms. The van der Waals surface area contributed by atoms with Crippen LogP contribution in [0.5, 0.6) is 0 Å². The minimum absolute atomic E-state index is 0.748. The highest BCUT2D eigenvalue weighted by molar-refractivity contribution is 7.14. The third kappa shape index (κ3) is 3.09. The summed E-state index contributed by atoms with van der Waals surface area (Å²) in [6.45, 7) is 0. The number of imidazole rings is 1. The molecule has 6 heteroatoms. The summed E-state index contributed by atoms with van der Waals surface area (Å²) in [6.07, 6.45) is 5.47. The van der Waals surface area contributed by atoms with E-state index in [1.54, 1.807) is 23.9 Å². The number of hydrogen-bond donors (Lipinski definition) is 1. The van der Waals surface area contributed by atoms with Gasteiger partial charge in [-0.3, -0.25) is 0 Å². The molecule has 2 radical (unpaired) electrons. The summed E-state index contributed by atoms with van der Waals surface area (Å²) in [5, 5.41) is 6.20. The molecule has 2 aromatic heterocycles. The molecule has 0 amide bonds. The zero-order valence-electron chi connectivity index (χ0n) is 12.8. The van der Waals surface area contributed by atoms with Gasteiger partial charge in [0, 0.05) is 34.7 Å². The van der Waals surface area contributed by atoms with Crippen molar-refractivity contribution in [2.24, 2.45) is 0 Å². The summed E-state index contributed by atoms with van der Waals surface area (Å²) in [6, 6.07) is 15.9. The Morgan fingerprint density at radius 1 is 1.00 bits per heavy atom. The molecular formula is C18H13BN4S. The number of anilines is 2. The van der Waals surface area contributed by atoms with Crippen molar-refractivity contribution in [1.82, 2.24) is 14.5 Å². The van der Waals surface area contributed by atoms with Crippen LogP contribution in [-0.2, 0) is 0 Å². The zero-order valence-corrected chi connectivity index (χ0v) is 13.6. The molecule has 0 atom stereocenters. The number of nitrogens with one attached hydrogen (secondary N) is 1. The molecule has 4 nitrogen and oxygen atoms in total. The first-order chi connectivity index (χ1) is 11.8. The highest BCUT2D eigenvalue weighted by Crippen LogP contribution is 2.27. The van der Waals surface area contributed by atoms with Crippen LogP contribution in [0.2, 0.25) is 0 Å². The van der Waals surface area contributed by atoms with Gasteiger partial charge in [0.05, 0.1) is 12.0 Å². The summed E-state index contributed by atoms with van der Waals surface area (Å²) in [4.78, 5) is 8.71. The molecule has 0 aliphatic heterocycles. The number of hydrogen-bond acceptors (Lipinski definition) is 4. The fourth-order valence-electron chi connectivity index (χ4n) is 2.37. The second-order valence-electron chi connectivity index (χ2n) is 5.30. The maximum atomic E-state index is 5.70. The lowest BCUT2D eigenvalue weighted by Crippen LogP contribution is -2.00. The van der Waals surface area contributed by atoms with Crippen molar-refractivity contribution >= 4 is 35.5 Å². The van der Waals surface area contributed by atoms with Gasteiger partial charge < -0.3 is 9.88 Å². The maximum Gasteiger partial charge on any atom is 0.187 e. The van der Waals surface area contributed by atoms with Crippen molar-refractivity contribution in [3.8, 4) is 16.9 Å². The Balaban J connectivity index is 1.53. The molecule has 2 aromatic carbocycles. The average molecular weight is 328 g/mol.